The lowest BCUT2D eigenvalue weighted by molar-refractivity contribution is 0.311. The number of hydrogen-bond acceptors (Lipinski definition) is 5. The Morgan fingerprint density at radius 2 is 1.57 bits per heavy atom. The first-order valence-electron chi connectivity index (χ1n) is 9.63. The molecule has 8 heteroatoms. The van der Waals surface area contributed by atoms with E-state index < -0.39 is 0 Å². The van der Waals surface area contributed by atoms with Crippen molar-refractivity contribution in [2.75, 3.05) is 48.1 Å². The average Bonchev–Trinajstić information content (AvgIpc) is 2.77. The maximum Gasteiger partial charge on any atom is 0.203 e. The molecule has 2 N–H and O–H groups in total. The summed E-state index contributed by atoms with van der Waals surface area (Å²) in [6, 6.07) is 13.7. The van der Waals surface area contributed by atoms with Gasteiger partial charge in [0.15, 0.2) is 17.5 Å². The number of nitrogens with zero attached hydrogens (tertiary/aromatic N) is 1. The maximum absolute atomic E-state index is 5.69. The fourth-order valence-corrected chi connectivity index (χ4v) is 2.88. The van der Waals surface area contributed by atoms with E-state index in [-0.39, 0.29) is 24.0 Å². The number of nitrogens with one attached hydrogen (secondary N) is 2. The van der Waals surface area contributed by atoms with Crippen LogP contribution in [-0.4, -0.2) is 54.0 Å². The number of methoxy groups -OCH3 is 3. The molecule has 0 aliphatic rings. The highest BCUT2D eigenvalue weighted by molar-refractivity contribution is 14.0. The number of halogens is 1. The lowest BCUT2D eigenvalue weighted by Gasteiger charge is -2.16. The second-order valence-electron chi connectivity index (χ2n) is 6.18. The molecule has 0 fully saturated rings. The summed E-state index contributed by atoms with van der Waals surface area (Å²) in [4.78, 5) is 4.26. The summed E-state index contributed by atoms with van der Waals surface area (Å²) < 4.78 is 22.0. The molecule has 7 nitrogen and oxygen atoms in total. The Kier molecular flexibility index (Phi) is 12.5. The van der Waals surface area contributed by atoms with Crippen LogP contribution in [0.3, 0.4) is 0 Å². The van der Waals surface area contributed by atoms with Crippen LogP contribution < -0.4 is 29.6 Å². The quantitative estimate of drug-likeness (QED) is 0.201. The molecule has 0 saturated heterocycles. The van der Waals surface area contributed by atoms with E-state index in [1.807, 2.05) is 42.5 Å². The highest BCUT2D eigenvalue weighted by Crippen LogP contribution is 2.39. The minimum atomic E-state index is 0. The monoisotopic (exact) mass is 529 g/mol. The first-order chi connectivity index (χ1) is 14.2. The molecule has 0 spiro atoms. The summed E-state index contributed by atoms with van der Waals surface area (Å²) >= 11 is 0. The zero-order valence-electron chi connectivity index (χ0n) is 18.1. The van der Waals surface area contributed by atoms with Crippen molar-refractivity contribution in [3.8, 4) is 23.0 Å². The molecular formula is C22H32IN3O4. The molecule has 0 aliphatic heterocycles. The van der Waals surface area contributed by atoms with Crippen molar-refractivity contribution in [2.45, 2.75) is 12.8 Å². The molecular weight excluding hydrogens is 497 g/mol. The van der Waals surface area contributed by atoms with Crippen molar-refractivity contribution in [3.63, 3.8) is 0 Å². The largest absolute Gasteiger partial charge is 0.494 e. The number of ether oxygens (including phenoxy) is 4. The molecule has 2 aromatic rings. The summed E-state index contributed by atoms with van der Waals surface area (Å²) in [6.07, 6.45) is 1.63. The highest BCUT2D eigenvalue weighted by Gasteiger charge is 2.15. The Labute approximate surface area is 196 Å². The number of guanidine groups is 1. The van der Waals surface area contributed by atoms with Gasteiger partial charge in [-0.25, -0.2) is 0 Å². The van der Waals surface area contributed by atoms with Crippen LogP contribution in [0.15, 0.2) is 47.5 Å². The Morgan fingerprint density at radius 3 is 2.20 bits per heavy atom. The van der Waals surface area contributed by atoms with Crippen LogP contribution in [0.4, 0.5) is 0 Å². The third kappa shape index (κ3) is 7.81. The smallest absolute Gasteiger partial charge is 0.203 e. The van der Waals surface area contributed by atoms with Crippen molar-refractivity contribution in [3.05, 3.63) is 48.0 Å². The van der Waals surface area contributed by atoms with Gasteiger partial charge in [0, 0.05) is 25.7 Å². The average molecular weight is 529 g/mol. The van der Waals surface area contributed by atoms with Gasteiger partial charge in [0.2, 0.25) is 5.75 Å². The maximum atomic E-state index is 5.69. The predicted molar refractivity (Wildman–Crippen MR) is 131 cm³/mol. The minimum absolute atomic E-state index is 0. The number of aliphatic imine (C=N–C) groups is 1. The van der Waals surface area contributed by atoms with E-state index >= 15 is 0 Å². The summed E-state index contributed by atoms with van der Waals surface area (Å²) in [5.41, 5.74) is 1.03. The lowest BCUT2D eigenvalue weighted by Crippen LogP contribution is -2.39. The standard InChI is InChI=1S/C22H31N3O4.HI/c1-23-22(24-14-8-16-29-18-9-6-5-7-10-18)25-15-13-17-11-12-19(26-2)21(28-4)20(17)27-3;/h5-7,9-12H,8,13-16H2,1-4H3,(H2,23,24,25);1H. The normalized spacial score (nSPS) is 10.6. The second kappa shape index (κ2) is 14.6. The number of hydrogen-bond donors (Lipinski definition) is 2. The summed E-state index contributed by atoms with van der Waals surface area (Å²) in [5.74, 6) is 3.59. The molecule has 30 heavy (non-hydrogen) atoms. The van der Waals surface area contributed by atoms with Crippen LogP contribution in [0.25, 0.3) is 0 Å². The van der Waals surface area contributed by atoms with Gasteiger partial charge in [-0.3, -0.25) is 4.99 Å². The number of rotatable bonds is 11. The summed E-state index contributed by atoms with van der Waals surface area (Å²) in [7, 11) is 6.60. The van der Waals surface area contributed by atoms with Crippen LogP contribution in [0.2, 0.25) is 0 Å². The van der Waals surface area contributed by atoms with Crippen LogP contribution in [-0.2, 0) is 6.42 Å². The Bertz CT molecular complexity index is 772. The van der Waals surface area contributed by atoms with E-state index in [0.29, 0.717) is 30.4 Å². The van der Waals surface area contributed by atoms with Gasteiger partial charge in [0.1, 0.15) is 5.75 Å². The van der Waals surface area contributed by atoms with Crippen LogP contribution in [0.5, 0.6) is 23.0 Å². The second-order valence-corrected chi connectivity index (χ2v) is 6.18. The van der Waals surface area contributed by atoms with E-state index in [1.54, 1.807) is 28.4 Å². The molecule has 0 saturated carbocycles. The van der Waals surface area contributed by atoms with Crippen molar-refractivity contribution in [1.29, 1.82) is 0 Å². The Morgan fingerprint density at radius 1 is 0.867 bits per heavy atom. The third-order valence-electron chi connectivity index (χ3n) is 4.32. The molecule has 0 unspecified atom stereocenters. The van der Waals surface area contributed by atoms with Crippen LogP contribution in [0, 0.1) is 0 Å². The van der Waals surface area contributed by atoms with Gasteiger partial charge in [-0.15, -0.1) is 24.0 Å². The molecule has 2 aromatic carbocycles. The Balaban J connectivity index is 0.00000450. The fourth-order valence-electron chi connectivity index (χ4n) is 2.88. The summed E-state index contributed by atoms with van der Waals surface area (Å²) in [6.45, 7) is 2.12. The lowest BCUT2D eigenvalue weighted by atomic mass is 10.1. The fraction of sp³-hybridized carbons (Fsp3) is 0.409. The van der Waals surface area contributed by atoms with Gasteiger partial charge in [-0.1, -0.05) is 24.3 Å². The van der Waals surface area contributed by atoms with Crippen LogP contribution in [0.1, 0.15) is 12.0 Å². The third-order valence-corrected chi connectivity index (χ3v) is 4.32. The van der Waals surface area contributed by atoms with E-state index in [2.05, 4.69) is 15.6 Å². The van der Waals surface area contributed by atoms with Gasteiger partial charge in [-0.2, -0.15) is 0 Å². The van der Waals surface area contributed by atoms with Gasteiger partial charge in [-0.05, 0) is 31.0 Å². The highest BCUT2D eigenvalue weighted by atomic mass is 127. The zero-order valence-corrected chi connectivity index (χ0v) is 20.4. The molecule has 0 amide bonds. The van der Waals surface area contributed by atoms with E-state index in [1.165, 1.54) is 0 Å². The van der Waals surface area contributed by atoms with Crippen molar-refractivity contribution < 1.29 is 18.9 Å². The Hall–Kier alpha value is -2.36. The molecule has 0 bridgehead atoms. The zero-order chi connectivity index (χ0) is 20.9. The number of benzene rings is 2. The topological polar surface area (TPSA) is 73.3 Å². The van der Waals surface area contributed by atoms with Gasteiger partial charge < -0.3 is 29.6 Å². The van der Waals surface area contributed by atoms with Gasteiger partial charge in [0.25, 0.3) is 0 Å². The number of para-hydroxylation sites is 1. The first kappa shape index (κ1) is 25.7. The summed E-state index contributed by atoms with van der Waals surface area (Å²) in [5, 5.41) is 6.61. The minimum Gasteiger partial charge on any atom is -0.494 e. The first-order valence-corrected chi connectivity index (χ1v) is 9.63. The van der Waals surface area contributed by atoms with Crippen molar-refractivity contribution >= 4 is 29.9 Å². The molecule has 0 radical (unpaired) electrons. The van der Waals surface area contributed by atoms with Crippen molar-refractivity contribution in [2.24, 2.45) is 4.99 Å². The molecule has 0 atom stereocenters. The SMILES string of the molecule is CN=C(NCCCOc1ccccc1)NCCc1ccc(OC)c(OC)c1OC.I. The molecule has 0 aromatic heterocycles. The molecule has 2 rings (SSSR count). The van der Waals surface area contributed by atoms with E-state index in [4.69, 9.17) is 18.9 Å². The molecule has 166 valence electrons. The van der Waals surface area contributed by atoms with E-state index in [9.17, 15) is 0 Å². The van der Waals surface area contributed by atoms with Gasteiger partial charge >= 0.3 is 0 Å². The predicted octanol–water partition coefficient (Wildman–Crippen LogP) is 3.51. The molecule has 0 aliphatic carbocycles. The molecule has 0 heterocycles. The van der Waals surface area contributed by atoms with Crippen LogP contribution >= 0.6 is 24.0 Å². The van der Waals surface area contributed by atoms with E-state index in [0.717, 1.165) is 36.7 Å². The van der Waals surface area contributed by atoms with Crippen molar-refractivity contribution in [1.82, 2.24) is 10.6 Å². The van der Waals surface area contributed by atoms with Gasteiger partial charge in [0.05, 0.1) is 27.9 Å².